The normalized spacial score (nSPS) is 44.3. The fourth-order valence-electron chi connectivity index (χ4n) is 1.99. The summed E-state index contributed by atoms with van der Waals surface area (Å²) in [5.41, 5.74) is -3.07. The maximum atomic E-state index is 14.6. The second-order valence-electron chi connectivity index (χ2n) is 4.37. The molecule has 0 bridgehead atoms. The van der Waals surface area contributed by atoms with Gasteiger partial charge in [0, 0.05) is 6.20 Å². The lowest BCUT2D eigenvalue weighted by Crippen LogP contribution is -2.56. The summed E-state index contributed by atoms with van der Waals surface area (Å²) in [4.78, 5) is 12.2. The molecule has 7 nitrogen and oxygen atoms in total. The molecule has 2 rings (SSSR count). The smallest absolute Gasteiger partial charge is 0.325 e. The molecule has 0 aromatic carbocycles. The van der Waals surface area contributed by atoms with E-state index < -0.39 is 42.7 Å². The number of rotatable bonds is 2. The first-order valence-corrected chi connectivity index (χ1v) is 5.56. The van der Waals surface area contributed by atoms with E-state index in [4.69, 9.17) is 16.6 Å². The van der Waals surface area contributed by atoms with Crippen LogP contribution in [0.15, 0.2) is 12.3 Å². The van der Waals surface area contributed by atoms with E-state index in [2.05, 4.69) is 4.74 Å². The molecule has 2 heterocycles. The standard InChI is InChI=1S/C11H12F2N2O5/c1-2-10(12)7(18)11(13,5-16)20-8(10)15-4-3-6(17)14-9(15)19/h1,3-4,6-8,16-18H,5H2,(H,14,19)/t6?,7-,8+,10+,11+/m0/s1. The fraction of sp³-hybridized carbons (Fsp3) is 0.545. The van der Waals surface area contributed by atoms with Crippen LogP contribution < -0.4 is 5.32 Å². The number of urea groups is 1. The molecule has 5 atom stereocenters. The van der Waals surface area contributed by atoms with Crippen molar-refractivity contribution < 1.29 is 33.6 Å². The third-order valence-corrected chi connectivity index (χ3v) is 3.10. The second-order valence-corrected chi connectivity index (χ2v) is 4.37. The lowest BCUT2D eigenvalue weighted by Gasteiger charge is -2.33. The molecule has 1 saturated heterocycles. The Bertz CT molecular complexity index is 496. The van der Waals surface area contributed by atoms with Gasteiger partial charge in [-0.15, -0.1) is 6.42 Å². The largest absolute Gasteiger partial charge is 0.390 e. The summed E-state index contributed by atoms with van der Waals surface area (Å²) in [6.45, 7) is -1.35. The van der Waals surface area contributed by atoms with Crippen LogP contribution in [0.3, 0.4) is 0 Å². The molecule has 2 amide bonds. The summed E-state index contributed by atoms with van der Waals surface area (Å²) in [6.07, 6.45) is 1.19. The van der Waals surface area contributed by atoms with Crippen LogP contribution >= 0.6 is 0 Å². The Labute approximate surface area is 112 Å². The maximum Gasteiger partial charge on any atom is 0.325 e. The van der Waals surface area contributed by atoms with Crippen molar-refractivity contribution in [3.63, 3.8) is 0 Å². The molecule has 4 N–H and O–H groups in total. The first kappa shape index (κ1) is 14.7. The maximum absolute atomic E-state index is 14.6. The van der Waals surface area contributed by atoms with E-state index in [1.807, 2.05) is 5.32 Å². The number of halogens is 2. The highest BCUT2D eigenvalue weighted by Crippen LogP contribution is 2.43. The van der Waals surface area contributed by atoms with Crippen LogP contribution in [-0.4, -0.2) is 62.9 Å². The first-order valence-electron chi connectivity index (χ1n) is 5.56. The number of terminal acetylenes is 1. The SMILES string of the molecule is C#C[C@]1(F)[C@H](N2C=CC(O)NC2=O)O[C@](F)(CO)[C@H]1O. The van der Waals surface area contributed by atoms with Gasteiger partial charge >= 0.3 is 6.03 Å². The Hall–Kier alpha value is -1.73. The zero-order chi connectivity index (χ0) is 15.1. The van der Waals surface area contributed by atoms with Gasteiger partial charge in [-0.3, -0.25) is 4.90 Å². The third kappa shape index (κ3) is 1.94. The van der Waals surface area contributed by atoms with Crippen molar-refractivity contribution in [2.75, 3.05) is 6.61 Å². The van der Waals surface area contributed by atoms with Gasteiger partial charge in [0.2, 0.25) is 5.67 Å². The molecule has 0 aromatic heterocycles. The topological polar surface area (TPSA) is 102 Å². The molecule has 2 aliphatic heterocycles. The van der Waals surface area contributed by atoms with E-state index in [1.54, 1.807) is 5.92 Å². The Morgan fingerprint density at radius 3 is 2.70 bits per heavy atom. The lowest BCUT2D eigenvalue weighted by molar-refractivity contribution is -0.208. The van der Waals surface area contributed by atoms with Gasteiger partial charge in [0.1, 0.15) is 12.8 Å². The quantitative estimate of drug-likeness (QED) is 0.467. The Morgan fingerprint density at radius 1 is 1.55 bits per heavy atom. The van der Waals surface area contributed by atoms with Gasteiger partial charge in [0.15, 0.2) is 12.3 Å². The highest BCUT2D eigenvalue weighted by Gasteiger charge is 2.67. The zero-order valence-corrected chi connectivity index (χ0v) is 10.0. The summed E-state index contributed by atoms with van der Waals surface area (Å²) in [5, 5.41) is 29.6. The molecule has 110 valence electrons. The van der Waals surface area contributed by atoms with Crippen LogP contribution in [0.25, 0.3) is 0 Å². The molecule has 0 saturated carbocycles. The minimum atomic E-state index is -3.14. The molecular formula is C11H12F2N2O5. The minimum absolute atomic E-state index is 0.548. The summed E-state index contributed by atoms with van der Waals surface area (Å²) < 4.78 is 33.2. The van der Waals surface area contributed by atoms with E-state index in [-0.39, 0.29) is 0 Å². The molecule has 1 fully saturated rings. The second kappa shape index (κ2) is 4.68. The first-order chi connectivity index (χ1) is 9.28. The number of carbonyl (C=O) groups excluding carboxylic acids is 1. The highest BCUT2D eigenvalue weighted by molar-refractivity contribution is 5.77. The van der Waals surface area contributed by atoms with E-state index in [0.717, 1.165) is 12.3 Å². The number of nitrogens with one attached hydrogen (secondary N) is 1. The summed E-state index contributed by atoms with van der Waals surface area (Å²) in [7, 11) is 0. The average molecular weight is 290 g/mol. The summed E-state index contributed by atoms with van der Waals surface area (Å²) in [6, 6.07) is -1.00. The zero-order valence-electron chi connectivity index (χ0n) is 10.0. The Balaban J connectivity index is 2.39. The lowest BCUT2D eigenvalue weighted by atomic mass is 9.95. The number of aliphatic hydroxyl groups is 3. The van der Waals surface area contributed by atoms with E-state index >= 15 is 0 Å². The predicted molar refractivity (Wildman–Crippen MR) is 60.0 cm³/mol. The van der Waals surface area contributed by atoms with Crippen LogP contribution in [0.2, 0.25) is 0 Å². The number of carbonyl (C=O) groups is 1. The molecule has 0 radical (unpaired) electrons. The minimum Gasteiger partial charge on any atom is -0.390 e. The molecule has 0 aliphatic carbocycles. The van der Waals surface area contributed by atoms with Crippen molar-refractivity contribution >= 4 is 6.03 Å². The van der Waals surface area contributed by atoms with Gasteiger partial charge in [-0.05, 0) is 6.08 Å². The van der Waals surface area contributed by atoms with Crippen LogP contribution in [0.5, 0.6) is 0 Å². The molecule has 1 unspecified atom stereocenters. The molecule has 20 heavy (non-hydrogen) atoms. The molecule has 2 aliphatic rings. The fourth-order valence-corrected chi connectivity index (χ4v) is 1.99. The average Bonchev–Trinajstić information content (AvgIpc) is 2.62. The van der Waals surface area contributed by atoms with Crippen LogP contribution in [0.1, 0.15) is 0 Å². The van der Waals surface area contributed by atoms with Gasteiger partial charge in [-0.2, -0.15) is 0 Å². The Kier molecular flexibility index (Phi) is 3.43. The number of ether oxygens (including phenoxy) is 1. The number of amides is 2. The predicted octanol–water partition coefficient (Wildman–Crippen LogP) is -1.44. The number of hydrogen-bond donors (Lipinski definition) is 4. The van der Waals surface area contributed by atoms with Crippen molar-refractivity contribution in [3.05, 3.63) is 12.3 Å². The van der Waals surface area contributed by atoms with E-state index in [1.165, 1.54) is 0 Å². The molecular weight excluding hydrogens is 278 g/mol. The van der Waals surface area contributed by atoms with E-state index in [0.29, 0.717) is 4.90 Å². The van der Waals surface area contributed by atoms with Gasteiger partial charge < -0.3 is 25.4 Å². The summed E-state index contributed by atoms with van der Waals surface area (Å²) in [5.74, 6) is -1.59. The summed E-state index contributed by atoms with van der Waals surface area (Å²) >= 11 is 0. The van der Waals surface area contributed by atoms with Gasteiger partial charge in [0.05, 0.1) is 0 Å². The van der Waals surface area contributed by atoms with Crippen LogP contribution in [0.4, 0.5) is 13.6 Å². The van der Waals surface area contributed by atoms with E-state index in [9.17, 15) is 18.7 Å². The van der Waals surface area contributed by atoms with Crippen molar-refractivity contribution in [1.82, 2.24) is 10.2 Å². The number of nitrogens with zero attached hydrogens (tertiary/aromatic N) is 1. The number of aliphatic hydroxyl groups excluding tert-OH is 3. The van der Waals surface area contributed by atoms with Gasteiger partial charge in [-0.25, -0.2) is 13.6 Å². The van der Waals surface area contributed by atoms with Crippen LogP contribution in [-0.2, 0) is 4.74 Å². The van der Waals surface area contributed by atoms with Crippen molar-refractivity contribution in [2.24, 2.45) is 0 Å². The number of alkyl halides is 2. The number of hydrogen-bond acceptors (Lipinski definition) is 5. The van der Waals surface area contributed by atoms with Crippen LogP contribution in [0, 0.1) is 12.3 Å². The van der Waals surface area contributed by atoms with Gasteiger partial charge in [0.25, 0.3) is 5.85 Å². The molecule has 0 aromatic rings. The molecule has 0 spiro atoms. The van der Waals surface area contributed by atoms with Gasteiger partial charge in [-0.1, -0.05) is 5.92 Å². The third-order valence-electron chi connectivity index (χ3n) is 3.10. The highest BCUT2D eigenvalue weighted by atomic mass is 19.2. The Morgan fingerprint density at radius 2 is 2.20 bits per heavy atom. The van der Waals surface area contributed by atoms with Crippen molar-refractivity contribution in [3.8, 4) is 12.3 Å². The van der Waals surface area contributed by atoms with Crippen molar-refractivity contribution in [1.29, 1.82) is 0 Å². The molecule has 9 heteroatoms. The van der Waals surface area contributed by atoms with Crippen molar-refractivity contribution in [2.45, 2.75) is 30.1 Å². The monoisotopic (exact) mass is 290 g/mol.